The van der Waals surface area contributed by atoms with E-state index in [4.69, 9.17) is 9.47 Å². The van der Waals surface area contributed by atoms with Crippen molar-refractivity contribution in [1.82, 2.24) is 15.3 Å². The monoisotopic (exact) mass is 355 g/mol. The fourth-order valence-corrected chi connectivity index (χ4v) is 3.05. The number of hydrogen-bond donors (Lipinski definition) is 1. The van der Waals surface area contributed by atoms with Crippen LogP contribution >= 0.6 is 11.3 Å². The highest BCUT2D eigenvalue weighted by atomic mass is 32.1. The molecule has 0 fully saturated rings. The van der Waals surface area contributed by atoms with Crippen LogP contribution in [0.1, 0.15) is 16.1 Å². The van der Waals surface area contributed by atoms with E-state index < -0.39 is 0 Å². The maximum Gasteiger partial charge on any atom is 0.251 e. The molecule has 0 radical (unpaired) electrons. The van der Waals surface area contributed by atoms with E-state index in [0.29, 0.717) is 23.6 Å². The number of ether oxygens (including phenoxy) is 2. The molecule has 0 aliphatic heterocycles. The van der Waals surface area contributed by atoms with Gasteiger partial charge in [-0.1, -0.05) is 0 Å². The molecule has 0 aliphatic carbocycles. The maximum absolute atomic E-state index is 12.4. The molecule has 3 aromatic rings. The molecule has 0 spiro atoms. The normalized spacial score (nSPS) is 10.3. The van der Waals surface area contributed by atoms with Gasteiger partial charge in [-0.2, -0.15) is 0 Å². The van der Waals surface area contributed by atoms with E-state index in [9.17, 15) is 4.79 Å². The Bertz CT molecular complexity index is 843. The molecule has 1 N–H and O–H groups in total. The van der Waals surface area contributed by atoms with E-state index in [2.05, 4.69) is 15.3 Å². The number of nitrogens with one attached hydrogen (secondary N) is 1. The van der Waals surface area contributed by atoms with Crippen molar-refractivity contribution >= 4 is 17.2 Å². The fourth-order valence-electron chi connectivity index (χ4n) is 2.23. The Morgan fingerprint density at radius 2 is 1.80 bits per heavy atom. The van der Waals surface area contributed by atoms with Crippen LogP contribution in [0, 0.1) is 0 Å². The number of aromatic nitrogens is 2. The van der Waals surface area contributed by atoms with Crippen LogP contribution in [0.2, 0.25) is 0 Å². The average molecular weight is 355 g/mol. The van der Waals surface area contributed by atoms with Gasteiger partial charge in [0.1, 0.15) is 16.5 Å². The summed E-state index contributed by atoms with van der Waals surface area (Å²) in [4.78, 5) is 20.9. The molecule has 0 saturated heterocycles. The van der Waals surface area contributed by atoms with E-state index in [1.807, 2.05) is 17.5 Å². The number of benzene rings is 1. The Balaban J connectivity index is 1.68. The van der Waals surface area contributed by atoms with Crippen molar-refractivity contribution < 1.29 is 14.3 Å². The van der Waals surface area contributed by atoms with E-state index in [-0.39, 0.29) is 5.91 Å². The van der Waals surface area contributed by atoms with Gasteiger partial charge in [0.05, 0.1) is 26.5 Å². The summed E-state index contributed by atoms with van der Waals surface area (Å²) in [5, 5.41) is 5.70. The third-order valence-electron chi connectivity index (χ3n) is 3.52. The predicted molar refractivity (Wildman–Crippen MR) is 96.1 cm³/mol. The van der Waals surface area contributed by atoms with Crippen LogP contribution in [0.5, 0.6) is 11.5 Å². The first-order valence-corrected chi connectivity index (χ1v) is 8.43. The molecule has 0 bridgehead atoms. The lowest BCUT2D eigenvalue weighted by Gasteiger charge is -2.08. The summed E-state index contributed by atoms with van der Waals surface area (Å²) < 4.78 is 10.4. The van der Waals surface area contributed by atoms with Gasteiger partial charge in [0.15, 0.2) is 0 Å². The van der Waals surface area contributed by atoms with E-state index >= 15 is 0 Å². The number of thiazole rings is 1. The van der Waals surface area contributed by atoms with Crippen LogP contribution in [-0.2, 0) is 6.54 Å². The summed E-state index contributed by atoms with van der Waals surface area (Å²) in [6, 6.07) is 8.87. The lowest BCUT2D eigenvalue weighted by Crippen LogP contribution is -2.23. The summed E-state index contributed by atoms with van der Waals surface area (Å²) in [5.74, 6) is 0.923. The zero-order valence-corrected chi connectivity index (χ0v) is 14.7. The molecule has 0 atom stereocenters. The topological polar surface area (TPSA) is 73.3 Å². The van der Waals surface area contributed by atoms with Crippen LogP contribution in [0.25, 0.3) is 10.6 Å². The predicted octanol–water partition coefficient (Wildman–Crippen LogP) is 3.15. The molecule has 0 saturated carbocycles. The number of nitrogens with zero attached hydrogens (tertiary/aromatic N) is 2. The molecule has 7 heteroatoms. The Labute approximate surface area is 149 Å². The van der Waals surface area contributed by atoms with Gasteiger partial charge in [0.25, 0.3) is 5.91 Å². The first-order valence-electron chi connectivity index (χ1n) is 7.55. The van der Waals surface area contributed by atoms with Gasteiger partial charge in [-0.25, -0.2) is 4.98 Å². The van der Waals surface area contributed by atoms with Crippen molar-refractivity contribution in [3.05, 3.63) is 59.4 Å². The van der Waals surface area contributed by atoms with Crippen molar-refractivity contribution in [2.24, 2.45) is 0 Å². The molecule has 6 nitrogen and oxygen atoms in total. The van der Waals surface area contributed by atoms with Gasteiger partial charge >= 0.3 is 0 Å². The second kappa shape index (κ2) is 7.76. The van der Waals surface area contributed by atoms with Crippen LogP contribution in [0.4, 0.5) is 0 Å². The van der Waals surface area contributed by atoms with Crippen molar-refractivity contribution in [1.29, 1.82) is 0 Å². The van der Waals surface area contributed by atoms with Crippen molar-refractivity contribution in [3.63, 3.8) is 0 Å². The number of methoxy groups -OCH3 is 2. The molecule has 0 unspecified atom stereocenters. The highest BCUT2D eigenvalue weighted by Crippen LogP contribution is 2.24. The second-order valence-electron chi connectivity index (χ2n) is 5.16. The van der Waals surface area contributed by atoms with Gasteiger partial charge < -0.3 is 14.8 Å². The Morgan fingerprint density at radius 3 is 2.44 bits per heavy atom. The van der Waals surface area contributed by atoms with Gasteiger partial charge in [0.2, 0.25) is 0 Å². The molecule has 1 amide bonds. The van der Waals surface area contributed by atoms with Gasteiger partial charge in [-0.15, -0.1) is 11.3 Å². The van der Waals surface area contributed by atoms with Crippen LogP contribution in [0.15, 0.2) is 48.1 Å². The molecule has 128 valence electrons. The average Bonchev–Trinajstić information content (AvgIpc) is 3.15. The molecule has 0 aliphatic rings. The molecule has 3 rings (SSSR count). The molecular formula is C18H17N3O3S. The molecule has 2 aromatic heterocycles. The SMILES string of the molecule is COc1cc(OC)cc(C(=O)NCc2csc(-c3ccncc3)n2)c1. The van der Waals surface area contributed by atoms with Crippen LogP contribution in [-0.4, -0.2) is 30.1 Å². The van der Waals surface area contributed by atoms with Crippen molar-refractivity contribution in [3.8, 4) is 22.1 Å². The zero-order valence-electron chi connectivity index (χ0n) is 13.9. The lowest BCUT2D eigenvalue weighted by molar-refractivity contribution is 0.0949. The minimum Gasteiger partial charge on any atom is -0.497 e. The van der Waals surface area contributed by atoms with E-state index in [1.165, 1.54) is 11.3 Å². The number of hydrogen-bond acceptors (Lipinski definition) is 6. The van der Waals surface area contributed by atoms with Crippen LogP contribution < -0.4 is 14.8 Å². The summed E-state index contributed by atoms with van der Waals surface area (Å²) in [7, 11) is 3.10. The minimum atomic E-state index is -0.212. The number of carbonyl (C=O) groups excluding carboxylic acids is 1. The molecular weight excluding hydrogens is 338 g/mol. The Hall–Kier alpha value is -2.93. The first-order chi connectivity index (χ1) is 12.2. The number of carbonyl (C=O) groups is 1. The maximum atomic E-state index is 12.4. The zero-order chi connectivity index (χ0) is 17.6. The molecule has 2 heterocycles. The summed E-state index contributed by atoms with van der Waals surface area (Å²) >= 11 is 1.53. The molecule has 1 aromatic carbocycles. The number of pyridine rings is 1. The van der Waals surface area contributed by atoms with E-state index in [0.717, 1.165) is 16.3 Å². The highest BCUT2D eigenvalue weighted by molar-refractivity contribution is 7.13. The fraction of sp³-hybridized carbons (Fsp3) is 0.167. The third kappa shape index (κ3) is 4.13. The highest BCUT2D eigenvalue weighted by Gasteiger charge is 2.11. The largest absolute Gasteiger partial charge is 0.497 e. The summed E-state index contributed by atoms with van der Waals surface area (Å²) in [6.07, 6.45) is 3.46. The van der Waals surface area contributed by atoms with Gasteiger partial charge in [0, 0.05) is 35.0 Å². The first kappa shape index (κ1) is 16.9. The number of rotatable bonds is 6. The number of amides is 1. The lowest BCUT2D eigenvalue weighted by atomic mass is 10.2. The second-order valence-corrected chi connectivity index (χ2v) is 6.02. The molecule has 25 heavy (non-hydrogen) atoms. The van der Waals surface area contributed by atoms with Gasteiger partial charge in [-0.05, 0) is 24.3 Å². The summed E-state index contributed by atoms with van der Waals surface area (Å²) in [6.45, 7) is 0.347. The Kier molecular flexibility index (Phi) is 5.25. The van der Waals surface area contributed by atoms with E-state index in [1.54, 1.807) is 44.8 Å². The minimum absolute atomic E-state index is 0.212. The van der Waals surface area contributed by atoms with Crippen LogP contribution in [0.3, 0.4) is 0 Å². The van der Waals surface area contributed by atoms with Crippen molar-refractivity contribution in [2.75, 3.05) is 14.2 Å². The quantitative estimate of drug-likeness (QED) is 0.735. The van der Waals surface area contributed by atoms with Gasteiger partial charge in [-0.3, -0.25) is 9.78 Å². The third-order valence-corrected chi connectivity index (χ3v) is 4.46. The summed E-state index contributed by atoms with van der Waals surface area (Å²) in [5.41, 5.74) is 2.29. The van der Waals surface area contributed by atoms with Crippen molar-refractivity contribution in [2.45, 2.75) is 6.54 Å². The standard InChI is InChI=1S/C18H17N3O3S/c1-23-15-7-13(8-16(9-15)24-2)17(22)20-10-14-11-25-18(21-14)12-3-5-19-6-4-12/h3-9,11H,10H2,1-2H3,(H,20,22). The Morgan fingerprint density at radius 1 is 1.12 bits per heavy atom. The smallest absolute Gasteiger partial charge is 0.251 e.